The van der Waals surface area contributed by atoms with Crippen molar-refractivity contribution in [2.75, 3.05) is 44.3 Å². The normalized spacial score (nSPS) is 17.2. The van der Waals surface area contributed by atoms with Crippen LogP contribution >= 0.6 is 0 Å². The first-order valence-corrected chi connectivity index (χ1v) is 16.3. The summed E-state index contributed by atoms with van der Waals surface area (Å²) in [5.41, 5.74) is 8.01. The molecule has 1 amide bonds. The molecular weight excluding hydrogens is 578 g/mol. The quantitative estimate of drug-likeness (QED) is 0.225. The molecule has 5 heterocycles. The van der Waals surface area contributed by atoms with E-state index in [0.29, 0.717) is 19.0 Å². The van der Waals surface area contributed by atoms with E-state index in [4.69, 9.17) is 14.5 Å². The van der Waals surface area contributed by atoms with Crippen LogP contribution in [0.1, 0.15) is 50.9 Å². The van der Waals surface area contributed by atoms with E-state index in [1.165, 1.54) is 5.56 Å². The van der Waals surface area contributed by atoms with Crippen molar-refractivity contribution in [1.82, 2.24) is 29.4 Å². The minimum Gasteiger partial charge on any atom is -0.444 e. The van der Waals surface area contributed by atoms with Crippen LogP contribution in [0.5, 0.6) is 0 Å². The largest absolute Gasteiger partial charge is 0.444 e. The highest BCUT2D eigenvalue weighted by Crippen LogP contribution is 2.42. The number of nitrogens with zero attached hydrogens (tertiary/aromatic N) is 7. The fraction of sp³-hybridized carbons (Fsp3) is 0.444. The predicted octanol–water partition coefficient (Wildman–Crippen LogP) is 6.37. The number of anilines is 1. The number of aromatic nitrogens is 5. The molecule has 2 aliphatic heterocycles. The first kappa shape index (κ1) is 30.2. The van der Waals surface area contributed by atoms with E-state index >= 15 is 0 Å². The van der Waals surface area contributed by atoms with Crippen LogP contribution in [0.3, 0.4) is 0 Å². The Bertz CT molecular complexity index is 1840. The lowest BCUT2D eigenvalue weighted by molar-refractivity contribution is 0.0240. The molecule has 5 aromatic rings. The van der Waals surface area contributed by atoms with Crippen LogP contribution < -0.4 is 4.90 Å². The van der Waals surface area contributed by atoms with Crippen LogP contribution in [0.4, 0.5) is 10.5 Å². The van der Waals surface area contributed by atoms with Gasteiger partial charge in [0.25, 0.3) is 0 Å². The molecule has 1 atom stereocenters. The number of rotatable bonds is 5. The number of amides is 1. The van der Waals surface area contributed by atoms with Crippen molar-refractivity contribution in [2.45, 2.75) is 52.2 Å². The van der Waals surface area contributed by atoms with E-state index in [0.717, 1.165) is 83.7 Å². The summed E-state index contributed by atoms with van der Waals surface area (Å²) in [5.74, 6) is 0.416. The molecule has 7 rings (SSSR count). The molecular formula is C36H43N7O3. The van der Waals surface area contributed by atoms with Crippen LogP contribution in [-0.2, 0) is 16.5 Å². The minimum absolute atomic E-state index is 0.121. The maximum atomic E-state index is 12.7. The van der Waals surface area contributed by atoms with E-state index in [-0.39, 0.29) is 12.1 Å². The van der Waals surface area contributed by atoms with E-state index in [1.54, 1.807) is 0 Å². The third-order valence-electron chi connectivity index (χ3n) is 9.32. The average molecular weight is 622 g/mol. The number of benzene rings is 2. The molecule has 10 nitrogen and oxygen atoms in total. The van der Waals surface area contributed by atoms with Gasteiger partial charge in [-0.15, -0.1) is 5.10 Å². The van der Waals surface area contributed by atoms with Crippen LogP contribution in [0.2, 0.25) is 0 Å². The van der Waals surface area contributed by atoms with Crippen LogP contribution in [0.15, 0.2) is 60.8 Å². The van der Waals surface area contributed by atoms with Crippen molar-refractivity contribution in [3.8, 4) is 11.3 Å². The molecule has 240 valence electrons. The molecule has 0 spiro atoms. The summed E-state index contributed by atoms with van der Waals surface area (Å²) < 4.78 is 15.8. The summed E-state index contributed by atoms with van der Waals surface area (Å²) >= 11 is 0. The van der Waals surface area contributed by atoms with Gasteiger partial charge in [-0.3, -0.25) is 4.98 Å². The topological polar surface area (TPSA) is 90.5 Å². The van der Waals surface area contributed by atoms with Crippen molar-refractivity contribution < 1.29 is 14.3 Å². The van der Waals surface area contributed by atoms with Crippen molar-refractivity contribution >= 4 is 33.7 Å². The molecule has 0 aliphatic carbocycles. The van der Waals surface area contributed by atoms with Gasteiger partial charge in [0.2, 0.25) is 0 Å². The molecule has 10 heteroatoms. The zero-order valence-corrected chi connectivity index (χ0v) is 27.4. The van der Waals surface area contributed by atoms with Crippen LogP contribution in [0.25, 0.3) is 33.2 Å². The molecule has 2 saturated heterocycles. The molecule has 2 fully saturated rings. The molecule has 2 aromatic carbocycles. The maximum absolute atomic E-state index is 12.7. The summed E-state index contributed by atoms with van der Waals surface area (Å²) in [6, 6.07) is 20.0. The fourth-order valence-corrected chi connectivity index (χ4v) is 7.17. The molecule has 2 aliphatic rings. The van der Waals surface area contributed by atoms with E-state index < -0.39 is 5.60 Å². The van der Waals surface area contributed by atoms with Crippen LogP contribution in [-0.4, -0.2) is 80.5 Å². The van der Waals surface area contributed by atoms with Gasteiger partial charge in [0.15, 0.2) is 0 Å². The zero-order valence-electron chi connectivity index (χ0n) is 27.4. The molecule has 46 heavy (non-hydrogen) atoms. The van der Waals surface area contributed by atoms with Crippen molar-refractivity contribution in [3.05, 3.63) is 72.1 Å². The third kappa shape index (κ3) is 5.70. The van der Waals surface area contributed by atoms with Gasteiger partial charge in [-0.1, -0.05) is 35.5 Å². The van der Waals surface area contributed by atoms with Gasteiger partial charge in [-0.25, -0.2) is 9.48 Å². The van der Waals surface area contributed by atoms with E-state index in [9.17, 15) is 4.79 Å². The Labute approximate surface area is 269 Å². The summed E-state index contributed by atoms with van der Waals surface area (Å²) in [4.78, 5) is 22.0. The van der Waals surface area contributed by atoms with E-state index in [1.807, 2.05) is 50.5 Å². The molecule has 0 radical (unpaired) electrons. The molecule has 0 bridgehead atoms. The van der Waals surface area contributed by atoms with Gasteiger partial charge in [-0.05, 0) is 76.3 Å². The minimum atomic E-state index is -0.505. The highest BCUT2D eigenvalue weighted by molar-refractivity contribution is 6.08. The number of carbonyl (C=O) groups excluding carboxylic acids is 1. The Kier molecular flexibility index (Phi) is 7.92. The monoisotopic (exact) mass is 621 g/mol. The average Bonchev–Trinajstić information content (AvgIpc) is 3.56. The Balaban J connectivity index is 1.34. The molecule has 0 unspecified atom stereocenters. The second kappa shape index (κ2) is 12.1. The Morgan fingerprint density at radius 3 is 2.39 bits per heavy atom. The number of ether oxygens (including phenoxy) is 2. The van der Waals surface area contributed by atoms with Gasteiger partial charge in [-0.2, -0.15) is 0 Å². The third-order valence-corrected chi connectivity index (χ3v) is 9.32. The van der Waals surface area contributed by atoms with Gasteiger partial charge in [0, 0.05) is 69.3 Å². The second-order valence-corrected chi connectivity index (χ2v) is 13.6. The van der Waals surface area contributed by atoms with Gasteiger partial charge in [0.05, 0.1) is 34.0 Å². The second-order valence-electron chi connectivity index (χ2n) is 13.6. The number of pyridine rings is 1. The number of carbonyl (C=O) groups is 1. The molecule has 0 N–H and O–H groups in total. The first-order valence-electron chi connectivity index (χ1n) is 16.3. The lowest BCUT2D eigenvalue weighted by Crippen LogP contribution is -2.50. The smallest absolute Gasteiger partial charge is 0.410 e. The van der Waals surface area contributed by atoms with Crippen molar-refractivity contribution in [2.24, 2.45) is 13.0 Å². The predicted molar refractivity (Wildman–Crippen MR) is 180 cm³/mol. The zero-order chi connectivity index (χ0) is 32.0. The summed E-state index contributed by atoms with van der Waals surface area (Å²) in [5, 5.41) is 9.71. The Morgan fingerprint density at radius 2 is 1.72 bits per heavy atom. The summed E-state index contributed by atoms with van der Waals surface area (Å²) in [6.07, 6.45) is 3.71. The van der Waals surface area contributed by atoms with Gasteiger partial charge >= 0.3 is 6.09 Å². The van der Waals surface area contributed by atoms with Crippen molar-refractivity contribution in [1.29, 1.82) is 0 Å². The van der Waals surface area contributed by atoms with E-state index in [2.05, 4.69) is 74.4 Å². The highest BCUT2D eigenvalue weighted by Gasteiger charge is 2.31. The lowest BCUT2D eigenvalue weighted by Gasteiger charge is -2.37. The Morgan fingerprint density at radius 1 is 0.978 bits per heavy atom. The summed E-state index contributed by atoms with van der Waals surface area (Å²) in [7, 11) is 1.93. The lowest BCUT2D eigenvalue weighted by atomic mass is 9.86. The van der Waals surface area contributed by atoms with Gasteiger partial charge in [0.1, 0.15) is 5.60 Å². The SMILES string of the molecule is Cc1nnn(C)c1-c1cnc2c3cc(N4CCN(C(=O)OC(C)(C)C)CC4)ccc3n([C@H](c3ccccc3)C3CCOCC3)c2c1. The number of fused-ring (bicyclic) bond motifs is 3. The maximum Gasteiger partial charge on any atom is 0.410 e. The number of aryl methyl sites for hydroxylation is 2. The molecule has 3 aromatic heterocycles. The van der Waals surface area contributed by atoms with Crippen LogP contribution in [0, 0.1) is 12.8 Å². The number of hydrogen-bond acceptors (Lipinski definition) is 7. The van der Waals surface area contributed by atoms with Gasteiger partial charge < -0.3 is 23.8 Å². The van der Waals surface area contributed by atoms with Crippen molar-refractivity contribution in [3.63, 3.8) is 0 Å². The number of hydrogen-bond donors (Lipinski definition) is 0. The first-order chi connectivity index (χ1) is 22.2. The Hall–Kier alpha value is -4.44. The fourth-order valence-electron chi connectivity index (χ4n) is 7.17. The number of piperazine rings is 1. The highest BCUT2D eigenvalue weighted by atomic mass is 16.6. The summed E-state index contributed by atoms with van der Waals surface area (Å²) in [6.45, 7) is 12.0. The standard InChI is InChI=1S/C36H43N7O3/c1-24-33(40(5)39-38-24)27-21-31-32(37-23-27)29-22-28(41-15-17-42(18-16-41)35(44)46-36(2,3)4)11-12-30(29)43(31)34(25-9-7-6-8-10-25)26-13-19-45-20-14-26/h6-12,21-23,26,34H,13-20H2,1-5H3/t34-/m1/s1. The molecule has 0 saturated carbocycles.